The molecule has 0 unspecified atom stereocenters. The zero-order valence-electron chi connectivity index (χ0n) is 25.7. The topological polar surface area (TPSA) is 43.1 Å². The number of para-hydroxylation sites is 2. The molecule has 4 nitrogen and oxygen atoms in total. The smallest absolute Gasteiger partial charge is 0.146 e. The summed E-state index contributed by atoms with van der Waals surface area (Å²) < 4.78 is 2.26. The van der Waals surface area contributed by atoms with Gasteiger partial charge in [-0.15, -0.1) is 0 Å². The molecule has 0 atom stereocenters. The first-order valence-electron chi connectivity index (χ1n) is 15.3. The molecule has 0 saturated carbocycles. The van der Waals surface area contributed by atoms with Gasteiger partial charge >= 0.3 is 0 Å². The zero-order chi connectivity index (χ0) is 29.7. The van der Waals surface area contributed by atoms with Gasteiger partial charge in [0, 0.05) is 21.8 Å². The summed E-state index contributed by atoms with van der Waals surface area (Å²) in [5.41, 5.74) is 12.1. The van der Waals surface area contributed by atoms with Gasteiger partial charge in [0.15, 0.2) is 0 Å². The first kappa shape index (κ1) is 26.1. The minimum Gasteiger partial charge on any atom is -0.290 e. The number of imidazole rings is 1. The molecule has 0 radical (unpaired) electrons. The fourth-order valence-electron chi connectivity index (χ4n) is 7.74. The normalized spacial score (nSPS) is 16.0. The average molecular weight is 561 g/mol. The largest absolute Gasteiger partial charge is 0.290 e. The zero-order valence-corrected chi connectivity index (χ0v) is 25.7. The van der Waals surface area contributed by atoms with Gasteiger partial charge in [0.2, 0.25) is 0 Å². The van der Waals surface area contributed by atoms with Crippen LogP contribution in [0.5, 0.6) is 0 Å². The van der Waals surface area contributed by atoms with E-state index >= 15 is 0 Å². The van der Waals surface area contributed by atoms with Crippen LogP contribution in [-0.4, -0.2) is 19.4 Å². The van der Waals surface area contributed by atoms with Gasteiger partial charge in [0.1, 0.15) is 5.65 Å². The van der Waals surface area contributed by atoms with Crippen LogP contribution in [0.25, 0.3) is 49.7 Å². The molecule has 0 amide bonds. The fourth-order valence-corrected chi connectivity index (χ4v) is 7.74. The van der Waals surface area contributed by atoms with Crippen molar-refractivity contribution in [3.8, 4) is 11.3 Å². The number of pyridine rings is 3. The molecular weight excluding hydrogens is 524 g/mol. The number of hydrogen-bond acceptors (Lipinski definition) is 3. The van der Waals surface area contributed by atoms with E-state index in [2.05, 4.69) is 137 Å². The minimum absolute atomic E-state index is 0.148. The number of rotatable bonds is 3. The third kappa shape index (κ3) is 3.78. The quantitative estimate of drug-likeness (QED) is 0.202. The predicted octanol–water partition coefficient (Wildman–Crippen LogP) is 9.54. The van der Waals surface area contributed by atoms with Gasteiger partial charge in [0.25, 0.3) is 0 Å². The lowest BCUT2D eigenvalue weighted by molar-refractivity contribution is 0.403. The van der Waals surface area contributed by atoms with Crippen LogP contribution in [-0.2, 0) is 16.2 Å². The van der Waals surface area contributed by atoms with Crippen LogP contribution in [0.4, 0.5) is 0 Å². The molecule has 4 aromatic heterocycles. The van der Waals surface area contributed by atoms with E-state index in [1.165, 1.54) is 16.7 Å². The third-order valence-corrected chi connectivity index (χ3v) is 9.79. The Morgan fingerprint density at radius 1 is 0.628 bits per heavy atom. The summed E-state index contributed by atoms with van der Waals surface area (Å²) in [6, 6.07) is 34.6. The van der Waals surface area contributed by atoms with Gasteiger partial charge in [-0.1, -0.05) is 82.3 Å². The summed E-state index contributed by atoms with van der Waals surface area (Å²) >= 11 is 0. The van der Waals surface area contributed by atoms with E-state index < -0.39 is 5.41 Å². The maximum atomic E-state index is 5.38. The van der Waals surface area contributed by atoms with Crippen LogP contribution < -0.4 is 0 Å². The first-order chi connectivity index (χ1) is 20.5. The van der Waals surface area contributed by atoms with Crippen molar-refractivity contribution in [1.82, 2.24) is 19.4 Å². The molecule has 0 saturated heterocycles. The summed E-state index contributed by atoms with van der Waals surface area (Å²) in [7, 11) is 0. The number of hydrogen-bond donors (Lipinski definition) is 0. The molecule has 0 N–H and O–H groups in total. The second-order valence-corrected chi connectivity index (χ2v) is 14.1. The third-order valence-electron chi connectivity index (χ3n) is 9.79. The van der Waals surface area contributed by atoms with Crippen LogP contribution in [0.2, 0.25) is 0 Å². The Hall–Kier alpha value is -4.57. The van der Waals surface area contributed by atoms with Gasteiger partial charge in [-0.05, 0) is 84.7 Å². The van der Waals surface area contributed by atoms with Gasteiger partial charge in [-0.3, -0.25) is 9.38 Å². The van der Waals surface area contributed by atoms with Crippen LogP contribution in [0.1, 0.15) is 70.5 Å². The summed E-state index contributed by atoms with van der Waals surface area (Å²) in [6.07, 6.45) is 1.16. The molecule has 4 heterocycles. The fraction of sp³-hybridized carbons (Fsp3) is 0.256. The lowest BCUT2D eigenvalue weighted by Crippen LogP contribution is -2.22. The summed E-state index contributed by atoms with van der Waals surface area (Å²) in [5.74, 6) is 0. The van der Waals surface area contributed by atoms with Gasteiger partial charge < -0.3 is 0 Å². The second-order valence-electron chi connectivity index (χ2n) is 14.1. The lowest BCUT2D eigenvalue weighted by atomic mass is 9.82. The standard InChI is InChI=1S/C39H36N4/c1-37(2)23-38(3,4)28-22-24(18-19-27(28)37)29-15-11-17-33(40-29)39(5,6)34-21-20-32-35(42-34)25-12-7-8-13-26(25)36-41-30-14-9-10-16-31(30)43(32)36/h7-22H,23H2,1-6H3. The molecule has 0 bridgehead atoms. The molecule has 7 aromatic rings. The highest BCUT2D eigenvalue weighted by atomic mass is 15.0. The van der Waals surface area contributed by atoms with Gasteiger partial charge in [0.05, 0.1) is 39.1 Å². The number of nitrogens with zero attached hydrogens (tertiary/aromatic N) is 4. The van der Waals surface area contributed by atoms with Crippen molar-refractivity contribution >= 4 is 38.5 Å². The molecule has 1 aliphatic rings. The van der Waals surface area contributed by atoms with Gasteiger partial charge in [-0.2, -0.15) is 0 Å². The summed E-state index contributed by atoms with van der Waals surface area (Å²) in [5, 5.41) is 2.22. The van der Waals surface area contributed by atoms with E-state index in [0.29, 0.717) is 0 Å². The van der Waals surface area contributed by atoms with E-state index in [0.717, 1.165) is 62.0 Å². The Labute approximate surface area is 252 Å². The second kappa shape index (κ2) is 8.73. The van der Waals surface area contributed by atoms with E-state index in [1.807, 2.05) is 6.07 Å². The Kier molecular flexibility index (Phi) is 5.30. The SMILES string of the molecule is CC1(C)CC(C)(C)c2cc(-c3cccc(C(C)(C)c4ccc5c(n4)c4ccccc4c4nc6ccccc6n54)n3)ccc21. The molecule has 8 rings (SSSR count). The molecule has 0 spiro atoms. The average Bonchev–Trinajstić information content (AvgIpc) is 3.48. The highest BCUT2D eigenvalue weighted by Gasteiger charge is 2.41. The molecule has 212 valence electrons. The Balaban J connectivity index is 1.28. The van der Waals surface area contributed by atoms with E-state index in [4.69, 9.17) is 15.0 Å². The monoisotopic (exact) mass is 560 g/mol. The molecule has 3 aromatic carbocycles. The first-order valence-corrected chi connectivity index (χ1v) is 15.3. The minimum atomic E-state index is -0.407. The highest BCUT2D eigenvalue weighted by molar-refractivity contribution is 6.12. The summed E-state index contributed by atoms with van der Waals surface area (Å²) in [4.78, 5) is 15.7. The maximum absolute atomic E-state index is 5.38. The van der Waals surface area contributed by atoms with Crippen LogP contribution in [0.15, 0.2) is 97.1 Å². The number of benzene rings is 3. The van der Waals surface area contributed by atoms with Crippen molar-refractivity contribution in [3.63, 3.8) is 0 Å². The van der Waals surface area contributed by atoms with Crippen LogP contribution >= 0.6 is 0 Å². The van der Waals surface area contributed by atoms with E-state index in [1.54, 1.807) is 0 Å². The molecule has 4 heteroatoms. The number of fused-ring (bicyclic) bond motifs is 9. The Bertz CT molecular complexity index is 2250. The van der Waals surface area contributed by atoms with Crippen molar-refractivity contribution in [2.45, 2.75) is 64.2 Å². The predicted molar refractivity (Wildman–Crippen MR) is 178 cm³/mol. The van der Waals surface area contributed by atoms with Crippen molar-refractivity contribution in [3.05, 3.63) is 120 Å². The van der Waals surface area contributed by atoms with Crippen molar-refractivity contribution < 1.29 is 0 Å². The van der Waals surface area contributed by atoms with Crippen LogP contribution in [0.3, 0.4) is 0 Å². The molecular formula is C39H36N4. The Morgan fingerprint density at radius 3 is 2.19 bits per heavy atom. The van der Waals surface area contributed by atoms with Gasteiger partial charge in [-0.25, -0.2) is 9.97 Å². The number of aromatic nitrogens is 4. The highest BCUT2D eigenvalue weighted by Crippen LogP contribution is 2.50. The van der Waals surface area contributed by atoms with E-state index in [9.17, 15) is 0 Å². The Morgan fingerprint density at radius 2 is 1.35 bits per heavy atom. The molecule has 0 aliphatic heterocycles. The summed E-state index contributed by atoms with van der Waals surface area (Å²) in [6.45, 7) is 13.9. The lowest BCUT2D eigenvalue weighted by Gasteiger charge is -2.25. The van der Waals surface area contributed by atoms with Crippen LogP contribution in [0, 0.1) is 0 Å². The maximum Gasteiger partial charge on any atom is 0.146 e. The van der Waals surface area contributed by atoms with Crippen molar-refractivity contribution in [1.29, 1.82) is 0 Å². The molecule has 43 heavy (non-hydrogen) atoms. The molecule has 1 aliphatic carbocycles. The van der Waals surface area contributed by atoms with Crippen molar-refractivity contribution in [2.24, 2.45) is 0 Å². The molecule has 0 fully saturated rings. The van der Waals surface area contributed by atoms with Crippen molar-refractivity contribution in [2.75, 3.05) is 0 Å². The van der Waals surface area contributed by atoms with E-state index in [-0.39, 0.29) is 10.8 Å².